The highest BCUT2D eigenvalue weighted by molar-refractivity contribution is 5.85. The van der Waals surface area contributed by atoms with E-state index in [1.807, 2.05) is 18.2 Å². The first-order valence-corrected chi connectivity index (χ1v) is 7.81. The average Bonchev–Trinajstić information content (AvgIpc) is 3.32. The molecule has 3 aromatic heterocycles. The minimum Gasteiger partial charge on any atom is -0.497 e. The second-order valence-electron chi connectivity index (χ2n) is 5.50. The van der Waals surface area contributed by atoms with E-state index in [1.165, 1.54) is 0 Å². The lowest BCUT2D eigenvalue weighted by atomic mass is 10.2. The summed E-state index contributed by atoms with van der Waals surface area (Å²) in [4.78, 5) is 8.53. The maximum absolute atomic E-state index is 5.88. The quantitative estimate of drug-likeness (QED) is 0.581. The summed E-state index contributed by atoms with van der Waals surface area (Å²) in [5.41, 5.74) is 8.27. The van der Waals surface area contributed by atoms with Crippen molar-refractivity contribution in [2.45, 2.75) is 6.54 Å². The highest BCUT2D eigenvalue weighted by Gasteiger charge is 2.18. The smallest absolute Gasteiger partial charge is 0.222 e. The normalized spacial score (nSPS) is 11.0. The minimum atomic E-state index is 0.116. The number of hydrogen-bond donors (Lipinski definition) is 1. The first-order chi connectivity index (χ1) is 12.7. The largest absolute Gasteiger partial charge is 0.497 e. The number of methoxy groups -OCH3 is 2. The average molecular weight is 352 g/mol. The zero-order chi connectivity index (χ0) is 18.1. The Bertz CT molecular complexity index is 1060. The molecule has 4 rings (SSSR count). The van der Waals surface area contributed by atoms with Crippen LogP contribution in [0.3, 0.4) is 0 Å². The van der Waals surface area contributed by atoms with E-state index in [0.717, 1.165) is 11.3 Å². The van der Waals surface area contributed by atoms with Crippen molar-refractivity contribution in [2.75, 3.05) is 20.0 Å². The van der Waals surface area contributed by atoms with Crippen molar-refractivity contribution < 1.29 is 13.9 Å². The van der Waals surface area contributed by atoms with Crippen LogP contribution in [-0.4, -0.2) is 39.2 Å². The maximum atomic E-state index is 5.88. The number of fused-ring (bicyclic) bond motifs is 1. The zero-order valence-electron chi connectivity index (χ0n) is 14.2. The van der Waals surface area contributed by atoms with Crippen LogP contribution in [0.25, 0.3) is 22.6 Å². The van der Waals surface area contributed by atoms with E-state index in [-0.39, 0.29) is 5.95 Å². The van der Waals surface area contributed by atoms with Gasteiger partial charge in [-0.15, -0.1) is 5.10 Å². The molecule has 0 aliphatic carbocycles. The number of furan rings is 1. The number of benzene rings is 1. The minimum absolute atomic E-state index is 0.116. The van der Waals surface area contributed by atoms with Crippen LogP contribution in [0.4, 0.5) is 5.95 Å². The molecule has 1 aromatic carbocycles. The maximum Gasteiger partial charge on any atom is 0.222 e. The highest BCUT2D eigenvalue weighted by Crippen LogP contribution is 2.28. The highest BCUT2D eigenvalue weighted by atomic mass is 16.5. The molecule has 0 amide bonds. The summed E-state index contributed by atoms with van der Waals surface area (Å²) in [7, 11) is 3.22. The van der Waals surface area contributed by atoms with Gasteiger partial charge in [0, 0.05) is 5.56 Å². The molecule has 132 valence electrons. The van der Waals surface area contributed by atoms with Gasteiger partial charge in [0.05, 0.1) is 27.0 Å². The fourth-order valence-electron chi connectivity index (χ4n) is 2.73. The van der Waals surface area contributed by atoms with Gasteiger partial charge in [0.2, 0.25) is 5.95 Å². The Balaban J connectivity index is 1.82. The number of nitrogens with two attached hydrogens (primary N) is 1. The monoisotopic (exact) mass is 352 g/mol. The lowest BCUT2D eigenvalue weighted by molar-refractivity contribution is 0.397. The fourth-order valence-corrected chi connectivity index (χ4v) is 2.73. The molecule has 4 aromatic rings. The van der Waals surface area contributed by atoms with Gasteiger partial charge in [-0.2, -0.15) is 4.98 Å². The van der Waals surface area contributed by atoms with Crippen LogP contribution in [0.15, 0.2) is 41.0 Å². The molecule has 0 radical (unpaired) electrons. The van der Waals surface area contributed by atoms with Crippen molar-refractivity contribution in [1.29, 1.82) is 0 Å². The van der Waals surface area contributed by atoms with E-state index in [9.17, 15) is 0 Å². The Morgan fingerprint density at radius 3 is 2.77 bits per heavy atom. The van der Waals surface area contributed by atoms with E-state index >= 15 is 0 Å². The van der Waals surface area contributed by atoms with E-state index < -0.39 is 0 Å². The number of anilines is 1. The summed E-state index contributed by atoms with van der Waals surface area (Å²) in [6.45, 7) is 0.380. The predicted octanol–water partition coefficient (Wildman–Crippen LogP) is 2.13. The number of nitrogen functional groups attached to an aromatic ring is 1. The van der Waals surface area contributed by atoms with Crippen LogP contribution in [0.1, 0.15) is 5.56 Å². The van der Waals surface area contributed by atoms with Crippen LogP contribution < -0.4 is 15.2 Å². The second kappa shape index (κ2) is 6.36. The van der Waals surface area contributed by atoms with Crippen LogP contribution in [0.5, 0.6) is 11.5 Å². The molecule has 3 heterocycles. The van der Waals surface area contributed by atoms with E-state index in [4.69, 9.17) is 19.6 Å². The van der Waals surface area contributed by atoms with Crippen molar-refractivity contribution in [3.8, 4) is 23.0 Å². The Kier molecular flexibility index (Phi) is 3.88. The molecule has 0 saturated heterocycles. The van der Waals surface area contributed by atoms with Crippen molar-refractivity contribution in [1.82, 2.24) is 25.0 Å². The van der Waals surface area contributed by atoms with Gasteiger partial charge in [0.25, 0.3) is 0 Å². The molecule has 0 saturated carbocycles. The molecular weight excluding hydrogens is 336 g/mol. The van der Waals surface area contributed by atoms with Crippen molar-refractivity contribution in [3.05, 3.63) is 42.2 Å². The summed E-state index contributed by atoms with van der Waals surface area (Å²) in [6, 6.07) is 9.10. The van der Waals surface area contributed by atoms with Gasteiger partial charge in [-0.3, -0.25) is 0 Å². The van der Waals surface area contributed by atoms with Gasteiger partial charge in [0.15, 0.2) is 16.9 Å². The standard InChI is InChI=1S/C17H16N6O3/c1-24-11-5-6-12(25-2)10(8-11)9-23-16-15(21-22-23)14(19-17(18)20-16)13-4-3-7-26-13/h3-8H,9H2,1-2H3,(H2,18,19,20). The van der Waals surface area contributed by atoms with Gasteiger partial charge >= 0.3 is 0 Å². The van der Waals surface area contributed by atoms with Crippen LogP contribution in [-0.2, 0) is 6.54 Å². The molecule has 0 aliphatic heterocycles. The Hall–Kier alpha value is -3.62. The first-order valence-electron chi connectivity index (χ1n) is 7.81. The third-order valence-electron chi connectivity index (χ3n) is 3.94. The molecule has 9 nitrogen and oxygen atoms in total. The lowest BCUT2D eigenvalue weighted by Gasteiger charge is -2.10. The molecule has 0 aliphatic rings. The molecule has 0 spiro atoms. The van der Waals surface area contributed by atoms with Gasteiger partial charge < -0.3 is 19.6 Å². The summed E-state index contributed by atoms with van der Waals surface area (Å²) >= 11 is 0. The predicted molar refractivity (Wildman–Crippen MR) is 93.9 cm³/mol. The molecule has 0 bridgehead atoms. The summed E-state index contributed by atoms with van der Waals surface area (Å²) in [6.07, 6.45) is 1.56. The first kappa shape index (κ1) is 15.9. The topological polar surface area (TPSA) is 114 Å². The van der Waals surface area contributed by atoms with Gasteiger partial charge in [0.1, 0.15) is 17.2 Å². The third kappa shape index (κ3) is 2.69. The SMILES string of the molecule is COc1ccc(OC)c(Cn2nnc3c(-c4ccco4)nc(N)nc32)c1. The molecule has 0 fully saturated rings. The second-order valence-corrected chi connectivity index (χ2v) is 5.50. The summed E-state index contributed by atoms with van der Waals surface area (Å²) < 4.78 is 17.8. The molecule has 0 atom stereocenters. The van der Waals surface area contributed by atoms with Gasteiger partial charge in [-0.1, -0.05) is 5.21 Å². The van der Waals surface area contributed by atoms with Crippen LogP contribution >= 0.6 is 0 Å². The zero-order valence-corrected chi connectivity index (χ0v) is 14.2. The van der Waals surface area contributed by atoms with Crippen molar-refractivity contribution >= 4 is 17.1 Å². The van der Waals surface area contributed by atoms with E-state index in [1.54, 1.807) is 37.3 Å². The molecule has 9 heteroatoms. The molecular formula is C17H16N6O3. The molecule has 2 N–H and O–H groups in total. The fraction of sp³-hybridized carbons (Fsp3) is 0.176. The van der Waals surface area contributed by atoms with Crippen molar-refractivity contribution in [3.63, 3.8) is 0 Å². The Labute approximate surface area is 148 Å². The van der Waals surface area contributed by atoms with Crippen LogP contribution in [0.2, 0.25) is 0 Å². The third-order valence-corrected chi connectivity index (χ3v) is 3.94. The van der Waals surface area contributed by atoms with Crippen molar-refractivity contribution in [2.24, 2.45) is 0 Å². The number of ether oxygens (including phenoxy) is 2. The summed E-state index contributed by atoms with van der Waals surface area (Å²) in [5.74, 6) is 2.10. The Morgan fingerprint density at radius 2 is 2.04 bits per heavy atom. The van der Waals surface area contributed by atoms with E-state index in [2.05, 4.69) is 20.3 Å². The van der Waals surface area contributed by atoms with Gasteiger partial charge in [-0.25, -0.2) is 9.67 Å². The van der Waals surface area contributed by atoms with Gasteiger partial charge in [-0.05, 0) is 30.3 Å². The number of hydrogen-bond acceptors (Lipinski definition) is 8. The lowest BCUT2D eigenvalue weighted by Crippen LogP contribution is -2.06. The number of nitrogens with zero attached hydrogens (tertiary/aromatic N) is 5. The Morgan fingerprint density at radius 1 is 1.15 bits per heavy atom. The number of rotatable bonds is 5. The number of aromatic nitrogens is 5. The molecule has 0 unspecified atom stereocenters. The summed E-state index contributed by atoms with van der Waals surface area (Å²) in [5, 5.41) is 8.41. The van der Waals surface area contributed by atoms with E-state index in [0.29, 0.717) is 34.9 Å². The molecule has 26 heavy (non-hydrogen) atoms. The van der Waals surface area contributed by atoms with Crippen LogP contribution in [0, 0.1) is 0 Å².